The van der Waals surface area contributed by atoms with Crippen LogP contribution in [0.4, 0.5) is 0 Å². The van der Waals surface area contributed by atoms with Crippen LogP contribution in [0.3, 0.4) is 0 Å². The molecule has 0 amide bonds. The fourth-order valence-corrected chi connectivity index (χ4v) is 4.96. The van der Waals surface area contributed by atoms with Gasteiger partial charge in [-0.3, -0.25) is 0 Å². The van der Waals surface area contributed by atoms with Gasteiger partial charge in [-0.25, -0.2) is 0 Å². The zero-order valence-electron chi connectivity index (χ0n) is 12.3. The molecule has 100 valence electrons. The van der Waals surface area contributed by atoms with Gasteiger partial charge in [-0.1, -0.05) is 81.2 Å². The van der Waals surface area contributed by atoms with Crippen molar-refractivity contribution in [1.29, 1.82) is 0 Å². The zero-order chi connectivity index (χ0) is 13.6. The van der Waals surface area contributed by atoms with Crippen LogP contribution in [0.25, 0.3) is 0 Å². The van der Waals surface area contributed by atoms with Crippen LogP contribution in [0.1, 0.15) is 57.0 Å². The Hall–Kier alpha value is -0.300. The van der Waals surface area contributed by atoms with Crippen LogP contribution in [0.2, 0.25) is 0 Å². The SMILES string of the molecule is CCCc1ccc(C(Br)C2C(C)(C)C2(C)C)cc1. The zero-order valence-corrected chi connectivity index (χ0v) is 13.8. The second-order valence-corrected chi connectivity index (χ2v) is 7.80. The highest BCUT2D eigenvalue weighted by molar-refractivity contribution is 9.09. The Morgan fingerprint density at radius 3 is 1.94 bits per heavy atom. The maximum absolute atomic E-state index is 3.93. The molecule has 18 heavy (non-hydrogen) atoms. The number of rotatable bonds is 4. The predicted octanol–water partition coefficient (Wildman–Crippen LogP) is 5.76. The number of benzene rings is 1. The first-order valence-electron chi connectivity index (χ1n) is 7.05. The largest absolute Gasteiger partial charge is 0.0835 e. The average molecular weight is 309 g/mol. The van der Waals surface area contributed by atoms with Gasteiger partial charge in [-0.2, -0.15) is 0 Å². The highest BCUT2D eigenvalue weighted by Crippen LogP contribution is 2.73. The lowest BCUT2D eigenvalue weighted by Gasteiger charge is -2.13. The fraction of sp³-hybridized carbons (Fsp3) is 0.647. The predicted molar refractivity (Wildman–Crippen MR) is 83.2 cm³/mol. The lowest BCUT2D eigenvalue weighted by Crippen LogP contribution is -1.99. The molecule has 1 aromatic rings. The second-order valence-electron chi connectivity index (χ2n) is 6.81. The van der Waals surface area contributed by atoms with E-state index in [1.807, 2.05) is 0 Å². The highest BCUT2D eigenvalue weighted by atomic mass is 79.9. The molecule has 0 radical (unpaired) electrons. The van der Waals surface area contributed by atoms with Gasteiger partial charge in [0, 0.05) is 4.83 Å². The Bertz CT molecular complexity index is 400. The number of hydrogen-bond donors (Lipinski definition) is 0. The van der Waals surface area contributed by atoms with Crippen LogP contribution >= 0.6 is 15.9 Å². The minimum atomic E-state index is 0.434. The fourth-order valence-electron chi connectivity index (χ4n) is 3.33. The summed E-state index contributed by atoms with van der Waals surface area (Å²) in [7, 11) is 0. The molecule has 1 saturated carbocycles. The monoisotopic (exact) mass is 308 g/mol. The van der Waals surface area contributed by atoms with Crippen LogP contribution in [0, 0.1) is 16.7 Å². The Morgan fingerprint density at radius 2 is 1.56 bits per heavy atom. The molecule has 0 bridgehead atoms. The van der Waals surface area contributed by atoms with Crippen molar-refractivity contribution in [3.63, 3.8) is 0 Å². The number of aryl methyl sites for hydroxylation is 1. The van der Waals surface area contributed by atoms with Crippen molar-refractivity contribution in [3.05, 3.63) is 35.4 Å². The van der Waals surface area contributed by atoms with Crippen LogP contribution in [0.5, 0.6) is 0 Å². The summed E-state index contributed by atoms with van der Waals surface area (Å²) in [5, 5.41) is 0. The summed E-state index contributed by atoms with van der Waals surface area (Å²) in [6.07, 6.45) is 2.41. The Kier molecular flexibility index (Phi) is 3.66. The van der Waals surface area contributed by atoms with Crippen molar-refractivity contribution in [2.75, 3.05) is 0 Å². The summed E-state index contributed by atoms with van der Waals surface area (Å²) >= 11 is 3.93. The molecule has 1 heteroatoms. The van der Waals surface area contributed by atoms with Crippen molar-refractivity contribution in [2.24, 2.45) is 16.7 Å². The molecular weight excluding hydrogens is 284 g/mol. The number of alkyl halides is 1. The minimum Gasteiger partial charge on any atom is -0.0835 e. The summed E-state index contributed by atoms with van der Waals surface area (Å²) in [4.78, 5) is 0.484. The first-order valence-corrected chi connectivity index (χ1v) is 7.97. The van der Waals surface area contributed by atoms with Gasteiger partial charge < -0.3 is 0 Å². The molecule has 0 spiro atoms. The lowest BCUT2D eigenvalue weighted by atomic mass is 10.0. The van der Waals surface area contributed by atoms with Gasteiger partial charge in [-0.15, -0.1) is 0 Å². The molecule has 0 N–H and O–H groups in total. The van der Waals surface area contributed by atoms with Gasteiger partial charge >= 0.3 is 0 Å². The van der Waals surface area contributed by atoms with Gasteiger partial charge in [-0.05, 0) is 34.3 Å². The summed E-state index contributed by atoms with van der Waals surface area (Å²) in [5.41, 5.74) is 3.75. The van der Waals surface area contributed by atoms with E-state index in [-0.39, 0.29) is 0 Å². The molecule has 1 aromatic carbocycles. The van der Waals surface area contributed by atoms with E-state index in [4.69, 9.17) is 0 Å². The molecule has 0 aromatic heterocycles. The van der Waals surface area contributed by atoms with Gasteiger partial charge in [0.15, 0.2) is 0 Å². The van der Waals surface area contributed by atoms with E-state index in [0.29, 0.717) is 15.7 Å². The average Bonchev–Trinajstić information content (AvgIpc) is 2.70. The van der Waals surface area contributed by atoms with Gasteiger partial charge in [0.25, 0.3) is 0 Å². The first-order chi connectivity index (χ1) is 8.32. The van der Waals surface area contributed by atoms with Crippen molar-refractivity contribution in [1.82, 2.24) is 0 Å². The first kappa shape index (κ1) is 14.1. The molecular formula is C17H25Br. The van der Waals surface area contributed by atoms with E-state index >= 15 is 0 Å². The van der Waals surface area contributed by atoms with Crippen molar-refractivity contribution < 1.29 is 0 Å². The van der Waals surface area contributed by atoms with E-state index in [2.05, 4.69) is 74.8 Å². The molecule has 2 rings (SSSR count). The smallest absolute Gasteiger partial charge is 0.0434 e. The van der Waals surface area contributed by atoms with Crippen LogP contribution < -0.4 is 0 Å². The number of halogens is 1. The molecule has 0 saturated heterocycles. The van der Waals surface area contributed by atoms with Gasteiger partial charge in [0.05, 0.1) is 0 Å². The van der Waals surface area contributed by atoms with Crippen molar-refractivity contribution >= 4 is 15.9 Å². The standard InChI is InChI=1S/C17H25Br/c1-6-7-12-8-10-13(11-9-12)14(18)15-16(2,3)17(15,4)5/h8-11,14-15H,6-7H2,1-5H3. The molecule has 0 nitrogen and oxygen atoms in total. The second kappa shape index (κ2) is 4.67. The van der Waals surface area contributed by atoms with E-state index in [9.17, 15) is 0 Å². The Labute approximate surface area is 120 Å². The van der Waals surface area contributed by atoms with Crippen molar-refractivity contribution in [3.8, 4) is 0 Å². The molecule has 1 fully saturated rings. The Balaban J connectivity index is 2.13. The molecule has 1 atom stereocenters. The van der Waals surface area contributed by atoms with Gasteiger partial charge in [0.2, 0.25) is 0 Å². The summed E-state index contributed by atoms with van der Waals surface area (Å²) in [6, 6.07) is 9.18. The third kappa shape index (κ3) is 2.15. The van der Waals surface area contributed by atoms with Crippen LogP contribution in [0.15, 0.2) is 24.3 Å². The molecule has 0 heterocycles. The van der Waals surface area contributed by atoms with E-state index in [0.717, 1.165) is 5.92 Å². The highest BCUT2D eigenvalue weighted by Gasteiger charge is 2.66. The summed E-state index contributed by atoms with van der Waals surface area (Å²) < 4.78 is 0. The number of hydrogen-bond acceptors (Lipinski definition) is 0. The lowest BCUT2D eigenvalue weighted by molar-refractivity contribution is 0.457. The molecule has 1 aliphatic rings. The van der Waals surface area contributed by atoms with E-state index in [1.54, 1.807) is 0 Å². The summed E-state index contributed by atoms with van der Waals surface area (Å²) in [5.74, 6) is 0.724. The van der Waals surface area contributed by atoms with E-state index in [1.165, 1.54) is 24.0 Å². The quantitative estimate of drug-likeness (QED) is 0.621. The van der Waals surface area contributed by atoms with Crippen LogP contribution in [-0.4, -0.2) is 0 Å². The molecule has 1 unspecified atom stereocenters. The third-order valence-corrected chi connectivity index (χ3v) is 6.32. The van der Waals surface area contributed by atoms with Crippen LogP contribution in [-0.2, 0) is 6.42 Å². The van der Waals surface area contributed by atoms with Gasteiger partial charge in [0.1, 0.15) is 0 Å². The Morgan fingerprint density at radius 1 is 1.06 bits per heavy atom. The maximum atomic E-state index is 3.93. The van der Waals surface area contributed by atoms with E-state index < -0.39 is 0 Å². The van der Waals surface area contributed by atoms with Crippen molar-refractivity contribution in [2.45, 2.75) is 52.3 Å². The molecule has 0 aliphatic heterocycles. The normalized spacial score (nSPS) is 22.8. The maximum Gasteiger partial charge on any atom is 0.0434 e. The summed E-state index contributed by atoms with van der Waals surface area (Å²) in [6.45, 7) is 11.8. The minimum absolute atomic E-state index is 0.434. The molecule has 1 aliphatic carbocycles. The third-order valence-electron chi connectivity index (χ3n) is 5.26. The topological polar surface area (TPSA) is 0 Å².